The maximum atomic E-state index is 6.37. The van der Waals surface area contributed by atoms with Gasteiger partial charge in [-0.2, -0.15) is 0 Å². The lowest BCUT2D eigenvalue weighted by molar-refractivity contribution is 0.584. The average molecular weight is 309 g/mol. The fourth-order valence-electron chi connectivity index (χ4n) is 2.19. The number of halogens is 2. The maximum Gasteiger partial charge on any atom is 0.0769 e. The zero-order chi connectivity index (χ0) is 14.5. The van der Waals surface area contributed by atoms with Crippen molar-refractivity contribution in [1.82, 2.24) is 10.3 Å². The van der Waals surface area contributed by atoms with Gasteiger partial charge in [0.05, 0.1) is 21.8 Å². The Morgan fingerprint density at radius 1 is 1.20 bits per heavy atom. The van der Waals surface area contributed by atoms with Crippen LogP contribution in [-0.2, 0) is 0 Å². The first-order valence-corrected chi connectivity index (χ1v) is 7.49. The van der Waals surface area contributed by atoms with Crippen molar-refractivity contribution in [3.63, 3.8) is 0 Å². The van der Waals surface area contributed by atoms with Crippen molar-refractivity contribution in [3.8, 4) is 0 Å². The molecule has 0 amide bonds. The van der Waals surface area contributed by atoms with Gasteiger partial charge in [-0.15, -0.1) is 0 Å². The molecule has 0 aliphatic rings. The number of hydrogen-bond donors (Lipinski definition) is 1. The van der Waals surface area contributed by atoms with Gasteiger partial charge in [0.15, 0.2) is 0 Å². The molecule has 1 atom stereocenters. The van der Waals surface area contributed by atoms with E-state index >= 15 is 0 Å². The number of nitrogens with one attached hydrogen (secondary N) is 1. The van der Waals surface area contributed by atoms with E-state index in [1.165, 1.54) is 0 Å². The molecule has 20 heavy (non-hydrogen) atoms. The maximum absolute atomic E-state index is 6.37. The summed E-state index contributed by atoms with van der Waals surface area (Å²) in [6, 6.07) is 9.67. The zero-order valence-electron chi connectivity index (χ0n) is 11.7. The number of nitrogens with zero attached hydrogens (tertiary/aromatic N) is 1. The lowest BCUT2D eigenvalue weighted by Gasteiger charge is -2.21. The smallest absolute Gasteiger partial charge is 0.0769 e. The van der Waals surface area contributed by atoms with E-state index < -0.39 is 0 Å². The van der Waals surface area contributed by atoms with Crippen molar-refractivity contribution in [1.29, 1.82) is 0 Å². The lowest BCUT2D eigenvalue weighted by atomic mass is 9.99. The molecule has 2 nitrogen and oxygen atoms in total. The van der Waals surface area contributed by atoms with Crippen molar-refractivity contribution in [3.05, 3.63) is 63.4 Å². The van der Waals surface area contributed by atoms with Crippen molar-refractivity contribution < 1.29 is 0 Å². The molecule has 0 saturated carbocycles. The first-order valence-electron chi connectivity index (χ1n) is 6.74. The topological polar surface area (TPSA) is 24.9 Å². The highest BCUT2D eigenvalue weighted by Gasteiger charge is 2.20. The zero-order valence-corrected chi connectivity index (χ0v) is 13.2. The molecule has 1 aromatic heterocycles. The summed E-state index contributed by atoms with van der Waals surface area (Å²) in [5.41, 5.74) is 3.09. The molecule has 0 saturated heterocycles. The van der Waals surface area contributed by atoms with Crippen LogP contribution in [0.25, 0.3) is 0 Å². The third kappa shape index (κ3) is 3.32. The second kappa shape index (κ2) is 7.07. The summed E-state index contributed by atoms with van der Waals surface area (Å²) < 4.78 is 0. The third-order valence-corrected chi connectivity index (χ3v) is 4.05. The number of aromatic nitrogens is 1. The van der Waals surface area contributed by atoms with Crippen LogP contribution in [0.15, 0.2) is 36.5 Å². The number of benzene rings is 1. The SMILES string of the molecule is CCCNC(c1cccc(Cl)c1Cl)c1ncccc1C. The summed E-state index contributed by atoms with van der Waals surface area (Å²) in [6.07, 6.45) is 2.85. The van der Waals surface area contributed by atoms with Crippen LogP contribution in [0, 0.1) is 6.92 Å². The largest absolute Gasteiger partial charge is 0.305 e. The third-order valence-electron chi connectivity index (χ3n) is 3.21. The van der Waals surface area contributed by atoms with E-state index in [0.717, 1.165) is 29.8 Å². The average Bonchev–Trinajstić information content (AvgIpc) is 2.45. The highest BCUT2D eigenvalue weighted by Crippen LogP contribution is 2.33. The van der Waals surface area contributed by atoms with E-state index in [1.807, 2.05) is 18.2 Å². The monoisotopic (exact) mass is 308 g/mol. The second-order valence-electron chi connectivity index (χ2n) is 4.74. The Hall–Kier alpha value is -1.09. The fourth-order valence-corrected chi connectivity index (χ4v) is 2.60. The van der Waals surface area contributed by atoms with Crippen LogP contribution in [0.1, 0.15) is 36.2 Å². The number of rotatable bonds is 5. The Kier molecular flexibility index (Phi) is 5.41. The molecular formula is C16H18Cl2N2. The van der Waals surface area contributed by atoms with Crippen LogP contribution in [0.5, 0.6) is 0 Å². The molecule has 0 aliphatic heterocycles. The summed E-state index contributed by atoms with van der Waals surface area (Å²) in [5.74, 6) is 0. The van der Waals surface area contributed by atoms with Crippen LogP contribution in [0.3, 0.4) is 0 Å². The molecule has 1 aromatic carbocycles. The van der Waals surface area contributed by atoms with E-state index in [4.69, 9.17) is 23.2 Å². The van der Waals surface area contributed by atoms with E-state index in [9.17, 15) is 0 Å². The minimum atomic E-state index is -0.0395. The van der Waals surface area contributed by atoms with Gasteiger partial charge in [-0.3, -0.25) is 4.98 Å². The van der Waals surface area contributed by atoms with Crippen molar-refractivity contribution in [2.45, 2.75) is 26.3 Å². The Balaban J connectivity index is 2.47. The van der Waals surface area contributed by atoms with Crippen LogP contribution >= 0.6 is 23.2 Å². The van der Waals surface area contributed by atoms with Gasteiger partial charge in [-0.05, 0) is 43.1 Å². The van der Waals surface area contributed by atoms with E-state index in [1.54, 1.807) is 12.3 Å². The lowest BCUT2D eigenvalue weighted by Crippen LogP contribution is -2.25. The predicted octanol–water partition coefficient (Wildman–Crippen LogP) is 4.79. The van der Waals surface area contributed by atoms with E-state index in [-0.39, 0.29) is 6.04 Å². The molecule has 2 rings (SSSR count). The summed E-state index contributed by atoms with van der Waals surface area (Å²) in [5, 5.41) is 4.67. The predicted molar refractivity (Wildman–Crippen MR) is 85.6 cm³/mol. The molecular weight excluding hydrogens is 291 g/mol. The highest BCUT2D eigenvalue weighted by atomic mass is 35.5. The Bertz CT molecular complexity index is 584. The molecule has 0 bridgehead atoms. The Morgan fingerprint density at radius 3 is 2.70 bits per heavy atom. The molecule has 1 N–H and O–H groups in total. The van der Waals surface area contributed by atoms with E-state index in [0.29, 0.717) is 10.0 Å². The fraction of sp³-hybridized carbons (Fsp3) is 0.312. The Morgan fingerprint density at radius 2 is 2.00 bits per heavy atom. The van der Waals surface area contributed by atoms with E-state index in [2.05, 4.69) is 30.2 Å². The molecule has 4 heteroatoms. The molecule has 1 heterocycles. The standard InChI is InChI=1S/C16H18Cl2N2/c1-3-9-19-16(15-11(2)6-5-10-20-15)12-7-4-8-13(17)14(12)18/h4-8,10,16,19H,3,9H2,1-2H3. The molecule has 0 spiro atoms. The van der Waals surface area contributed by atoms with Crippen molar-refractivity contribution >= 4 is 23.2 Å². The Labute approximate surface area is 130 Å². The van der Waals surface area contributed by atoms with Gasteiger partial charge in [0.2, 0.25) is 0 Å². The molecule has 106 valence electrons. The van der Waals surface area contributed by atoms with Gasteiger partial charge in [-0.1, -0.05) is 48.3 Å². The van der Waals surface area contributed by atoms with Gasteiger partial charge < -0.3 is 5.32 Å². The number of hydrogen-bond acceptors (Lipinski definition) is 2. The quantitative estimate of drug-likeness (QED) is 0.859. The van der Waals surface area contributed by atoms with Gasteiger partial charge in [0.25, 0.3) is 0 Å². The highest BCUT2D eigenvalue weighted by molar-refractivity contribution is 6.42. The first kappa shape index (κ1) is 15.3. The molecule has 0 aliphatic carbocycles. The first-order chi connectivity index (χ1) is 9.65. The van der Waals surface area contributed by atoms with Gasteiger partial charge >= 0.3 is 0 Å². The summed E-state index contributed by atoms with van der Waals surface area (Å²) in [4.78, 5) is 4.51. The molecule has 0 fully saturated rings. The van der Waals surface area contributed by atoms with Crippen LogP contribution in [0.4, 0.5) is 0 Å². The van der Waals surface area contributed by atoms with Crippen molar-refractivity contribution in [2.24, 2.45) is 0 Å². The number of pyridine rings is 1. The van der Waals surface area contributed by atoms with Gasteiger partial charge in [0, 0.05) is 6.20 Å². The minimum Gasteiger partial charge on any atom is -0.305 e. The minimum absolute atomic E-state index is 0.0395. The van der Waals surface area contributed by atoms with Gasteiger partial charge in [-0.25, -0.2) is 0 Å². The van der Waals surface area contributed by atoms with Crippen LogP contribution in [-0.4, -0.2) is 11.5 Å². The van der Waals surface area contributed by atoms with Crippen LogP contribution < -0.4 is 5.32 Å². The molecule has 2 aromatic rings. The second-order valence-corrected chi connectivity index (χ2v) is 5.52. The van der Waals surface area contributed by atoms with Crippen molar-refractivity contribution in [2.75, 3.05) is 6.54 Å². The molecule has 1 unspecified atom stereocenters. The summed E-state index contributed by atoms with van der Waals surface area (Å²) >= 11 is 12.5. The number of aryl methyl sites for hydroxylation is 1. The summed E-state index contributed by atoms with van der Waals surface area (Å²) in [6.45, 7) is 5.08. The molecule has 0 radical (unpaired) electrons. The van der Waals surface area contributed by atoms with Gasteiger partial charge in [0.1, 0.15) is 0 Å². The summed E-state index contributed by atoms with van der Waals surface area (Å²) in [7, 11) is 0. The normalized spacial score (nSPS) is 12.4. The van der Waals surface area contributed by atoms with Crippen LogP contribution in [0.2, 0.25) is 10.0 Å².